The lowest BCUT2D eigenvalue weighted by Crippen LogP contribution is -2.24. The Kier molecular flexibility index (Phi) is 5.76. The summed E-state index contributed by atoms with van der Waals surface area (Å²) >= 11 is 7.02. The number of amides is 1. The number of aromatic amines is 1. The van der Waals surface area contributed by atoms with Crippen LogP contribution in [0.5, 0.6) is 0 Å². The second kappa shape index (κ2) is 8.72. The largest absolute Gasteiger partial charge is 0.321 e. The van der Waals surface area contributed by atoms with Crippen molar-refractivity contribution in [2.75, 3.05) is 0 Å². The maximum absolute atomic E-state index is 13.4. The number of nitrogens with zero attached hydrogens (tertiary/aromatic N) is 2. The maximum Gasteiger partial charge on any atom is 0.258 e. The van der Waals surface area contributed by atoms with Crippen molar-refractivity contribution in [1.29, 1.82) is 0 Å². The summed E-state index contributed by atoms with van der Waals surface area (Å²) in [5.74, 6) is -0.167. The van der Waals surface area contributed by atoms with Crippen LogP contribution in [0.4, 0.5) is 0 Å². The van der Waals surface area contributed by atoms with Crippen LogP contribution in [0, 0.1) is 0 Å². The van der Waals surface area contributed by atoms with Crippen molar-refractivity contribution < 1.29 is 4.79 Å². The fourth-order valence-corrected chi connectivity index (χ4v) is 4.97. The summed E-state index contributed by atoms with van der Waals surface area (Å²) in [7, 11) is 0. The number of hydrazone groups is 1. The highest BCUT2D eigenvalue weighted by Crippen LogP contribution is 2.37. The summed E-state index contributed by atoms with van der Waals surface area (Å²) in [6.45, 7) is 1.50. The predicted octanol–water partition coefficient (Wildman–Crippen LogP) is 6.42. The van der Waals surface area contributed by atoms with Crippen molar-refractivity contribution >= 4 is 54.4 Å². The lowest BCUT2D eigenvalue weighted by atomic mass is 9.91. The molecule has 1 amide bonds. The highest BCUT2D eigenvalue weighted by molar-refractivity contribution is 9.10. The van der Waals surface area contributed by atoms with Crippen molar-refractivity contribution in [2.24, 2.45) is 5.10 Å². The fourth-order valence-electron chi connectivity index (χ4n) is 4.34. The molecule has 0 unspecified atom stereocenters. The number of hydrogen-bond acceptors (Lipinski definition) is 3. The molecule has 0 aliphatic carbocycles. The van der Waals surface area contributed by atoms with Crippen LogP contribution in [-0.4, -0.2) is 21.6 Å². The highest BCUT2D eigenvalue weighted by Gasteiger charge is 2.34. The monoisotopic (exact) mass is 563 g/mol. The van der Waals surface area contributed by atoms with Crippen molar-refractivity contribution in [3.8, 4) is 11.1 Å². The number of nitrogens with one attached hydrogen (secondary N) is 1. The van der Waals surface area contributed by atoms with E-state index in [0.29, 0.717) is 17.7 Å². The van der Waals surface area contributed by atoms with Gasteiger partial charge in [0.05, 0.1) is 17.3 Å². The number of carbonyl (C=O) groups is 1. The van der Waals surface area contributed by atoms with Crippen LogP contribution in [0.1, 0.15) is 30.5 Å². The number of fused-ring (bicyclic) bond motifs is 1. The molecule has 33 heavy (non-hydrogen) atoms. The standard InChI is InChI=1S/C26H19Br2N3O2/c1-15(32)31-23(16-7-9-18(27)10-8-16)14-22(30-31)25-24(17-5-3-2-4-6-17)20-13-19(28)11-12-21(20)29-26(25)33/h2-13,23H,14H2,1H3,(H,29,33)/t23-/m0/s1. The summed E-state index contributed by atoms with van der Waals surface area (Å²) < 4.78 is 1.87. The van der Waals surface area contributed by atoms with Crippen molar-refractivity contribution in [1.82, 2.24) is 9.99 Å². The molecule has 4 aromatic rings. The molecule has 1 N–H and O–H groups in total. The van der Waals surface area contributed by atoms with Crippen LogP contribution in [-0.2, 0) is 4.79 Å². The molecule has 0 bridgehead atoms. The Morgan fingerprint density at radius 3 is 2.36 bits per heavy atom. The summed E-state index contributed by atoms with van der Waals surface area (Å²) in [4.78, 5) is 28.9. The summed E-state index contributed by atoms with van der Waals surface area (Å²) in [6, 6.07) is 23.2. The van der Waals surface area contributed by atoms with Gasteiger partial charge in [0.15, 0.2) is 0 Å². The van der Waals surface area contributed by atoms with Crippen molar-refractivity contribution in [2.45, 2.75) is 19.4 Å². The average molecular weight is 565 g/mol. The molecule has 1 aromatic heterocycles. The first-order valence-electron chi connectivity index (χ1n) is 10.5. The topological polar surface area (TPSA) is 65.5 Å². The minimum Gasteiger partial charge on any atom is -0.321 e. The normalized spacial score (nSPS) is 15.7. The number of pyridine rings is 1. The zero-order chi connectivity index (χ0) is 23.1. The first kappa shape index (κ1) is 21.8. The van der Waals surface area contributed by atoms with Gasteiger partial charge in [-0.05, 0) is 41.5 Å². The van der Waals surface area contributed by atoms with Gasteiger partial charge >= 0.3 is 0 Å². The Bertz CT molecular complexity index is 1460. The molecule has 0 radical (unpaired) electrons. The van der Waals surface area contributed by atoms with Gasteiger partial charge in [-0.2, -0.15) is 5.10 Å². The molecule has 7 heteroatoms. The number of halogens is 2. The Balaban J connectivity index is 1.74. The number of benzene rings is 3. The van der Waals surface area contributed by atoms with E-state index in [-0.39, 0.29) is 17.5 Å². The Morgan fingerprint density at radius 2 is 1.67 bits per heavy atom. The molecule has 0 saturated carbocycles. The van der Waals surface area contributed by atoms with Crippen LogP contribution in [0.25, 0.3) is 22.0 Å². The van der Waals surface area contributed by atoms with Gasteiger partial charge in [-0.25, -0.2) is 5.01 Å². The summed E-state index contributed by atoms with van der Waals surface area (Å²) in [6.07, 6.45) is 0.448. The van der Waals surface area contributed by atoms with E-state index in [1.807, 2.05) is 72.8 Å². The van der Waals surface area contributed by atoms with Crippen molar-refractivity contribution in [3.05, 3.63) is 103 Å². The lowest BCUT2D eigenvalue weighted by Gasteiger charge is -2.20. The van der Waals surface area contributed by atoms with E-state index in [0.717, 1.165) is 36.5 Å². The molecule has 0 fully saturated rings. The van der Waals surface area contributed by atoms with E-state index in [4.69, 9.17) is 0 Å². The number of carbonyl (C=O) groups excluding carboxylic acids is 1. The van der Waals surface area contributed by atoms with Crippen LogP contribution < -0.4 is 5.56 Å². The van der Waals surface area contributed by atoms with E-state index in [9.17, 15) is 9.59 Å². The SMILES string of the molecule is CC(=O)N1N=C(c2c(-c3ccccc3)c3cc(Br)ccc3[nH]c2=O)C[C@H]1c1ccc(Br)cc1. The van der Waals surface area contributed by atoms with Gasteiger partial charge in [-0.3, -0.25) is 9.59 Å². The average Bonchev–Trinajstić information content (AvgIpc) is 3.25. The van der Waals surface area contributed by atoms with Crippen LogP contribution in [0.2, 0.25) is 0 Å². The minimum absolute atomic E-state index is 0.167. The molecule has 3 aromatic carbocycles. The molecular formula is C26H19Br2N3O2. The molecule has 5 rings (SSSR count). The van der Waals surface area contributed by atoms with Gasteiger partial charge in [0.1, 0.15) is 0 Å². The Labute approximate surface area is 207 Å². The summed E-state index contributed by atoms with van der Waals surface area (Å²) in [5, 5.41) is 7.07. The van der Waals surface area contributed by atoms with Gasteiger partial charge in [-0.15, -0.1) is 0 Å². The third-order valence-corrected chi connectivity index (χ3v) is 6.84. The van der Waals surface area contributed by atoms with Gasteiger partial charge < -0.3 is 4.98 Å². The van der Waals surface area contributed by atoms with E-state index >= 15 is 0 Å². The minimum atomic E-state index is -0.271. The quantitative estimate of drug-likeness (QED) is 0.312. The first-order chi connectivity index (χ1) is 15.9. The zero-order valence-electron chi connectivity index (χ0n) is 17.7. The molecule has 2 heterocycles. The number of aromatic nitrogens is 1. The van der Waals surface area contributed by atoms with Gasteiger partial charge in [0.2, 0.25) is 5.91 Å². The third-order valence-electron chi connectivity index (χ3n) is 5.82. The number of H-pyrrole nitrogens is 1. The Morgan fingerprint density at radius 1 is 0.970 bits per heavy atom. The molecular weight excluding hydrogens is 546 g/mol. The molecule has 1 atom stereocenters. The zero-order valence-corrected chi connectivity index (χ0v) is 20.9. The Hall–Kier alpha value is -3.03. The molecule has 0 spiro atoms. The molecule has 164 valence electrons. The van der Waals surface area contributed by atoms with E-state index < -0.39 is 0 Å². The lowest BCUT2D eigenvalue weighted by molar-refractivity contribution is -0.130. The van der Waals surface area contributed by atoms with E-state index in [1.165, 1.54) is 11.9 Å². The van der Waals surface area contributed by atoms with Gasteiger partial charge in [0, 0.05) is 38.8 Å². The van der Waals surface area contributed by atoms with E-state index in [1.54, 1.807) is 0 Å². The van der Waals surface area contributed by atoms with Crippen molar-refractivity contribution in [3.63, 3.8) is 0 Å². The summed E-state index contributed by atoms with van der Waals surface area (Å²) in [5.41, 5.74) is 4.33. The van der Waals surface area contributed by atoms with Crippen LogP contribution >= 0.6 is 31.9 Å². The van der Waals surface area contributed by atoms with Crippen LogP contribution in [0.15, 0.2) is 91.6 Å². The van der Waals surface area contributed by atoms with Gasteiger partial charge in [-0.1, -0.05) is 74.3 Å². The fraction of sp³-hybridized carbons (Fsp3) is 0.115. The molecule has 5 nitrogen and oxygen atoms in total. The molecule has 1 aliphatic heterocycles. The third kappa shape index (κ3) is 4.07. The number of hydrogen-bond donors (Lipinski definition) is 1. The second-order valence-electron chi connectivity index (χ2n) is 7.94. The van der Waals surface area contributed by atoms with Crippen LogP contribution in [0.3, 0.4) is 0 Å². The first-order valence-corrected chi connectivity index (χ1v) is 12.0. The molecule has 1 aliphatic rings. The van der Waals surface area contributed by atoms with E-state index in [2.05, 4.69) is 41.9 Å². The predicted molar refractivity (Wildman–Crippen MR) is 138 cm³/mol. The second-order valence-corrected chi connectivity index (χ2v) is 9.77. The maximum atomic E-state index is 13.4. The highest BCUT2D eigenvalue weighted by atomic mass is 79.9. The van der Waals surface area contributed by atoms with Gasteiger partial charge in [0.25, 0.3) is 5.56 Å². The number of rotatable bonds is 3. The smallest absolute Gasteiger partial charge is 0.258 e. The molecule has 0 saturated heterocycles.